The van der Waals surface area contributed by atoms with Crippen molar-refractivity contribution in [2.45, 2.75) is 18.0 Å². The van der Waals surface area contributed by atoms with Gasteiger partial charge in [0.1, 0.15) is 0 Å². The van der Waals surface area contributed by atoms with E-state index in [0.29, 0.717) is 0 Å². The van der Waals surface area contributed by atoms with Crippen LogP contribution in [0.5, 0.6) is 0 Å². The van der Waals surface area contributed by atoms with Gasteiger partial charge in [0.2, 0.25) is 0 Å². The molecule has 0 rings (SSSR count). The van der Waals surface area contributed by atoms with Crippen molar-refractivity contribution in [3.63, 3.8) is 0 Å². The molecule has 0 spiro atoms. The Balaban J connectivity index is 0. The van der Waals surface area contributed by atoms with Crippen molar-refractivity contribution in [3.05, 3.63) is 0 Å². The summed E-state index contributed by atoms with van der Waals surface area (Å²) in [6.07, 6.45) is -10.4. The van der Waals surface area contributed by atoms with Crippen LogP contribution in [0.15, 0.2) is 0 Å². The SMILES string of the molecule is O=S(=O)([O-])C(F)(F)C(F)OC(F)(F)F.[K]. The van der Waals surface area contributed by atoms with Crippen molar-refractivity contribution in [2.75, 3.05) is 0 Å². The number of alkyl halides is 6. The van der Waals surface area contributed by atoms with Crippen molar-refractivity contribution >= 4 is 61.5 Å². The van der Waals surface area contributed by atoms with Gasteiger partial charge >= 0.3 is 11.6 Å². The van der Waals surface area contributed by atoms with Gasteiger partial charge in [-0.05, 0) is 0 Å². The predicted molar refractivity (Wildman–Crippen MR) is 32.4 cm³/mol. The molecule has 0 saturated carbocycles. The third-order valence-electron chi connectivity index (χ3n) is 0.835. The normalized spacial score (nSPS) is 15.7. The number of hydrogen-bond acceptors (Lipinski definition) is 4. The smallest absolute Gasteiger partial charge is 0.525 e. The second kappa shape index (κ2) is 5.62. The van der Waals surface area contributed by atoms with Gasteiger partial charge in [-0.3, -0.25) is 0 Å². The van der Waals surface area contributed by atoms with Crippen molar-refractivity contribution in [3.8, 4) is 0 Å². The standard InChI is InChI=1S/C3H2F6O4S.K/c4-1(13-3(7,8)9)2(5,6)14(10,11)12;/h1H,(H,10,11,12);/p-1. The molecule has 4 nitrogen and oxygen atoms in total. The van der Waals surface area contributed by atoms with Gasteiger partial charge in [-0.2, -0.15) is 8.78 Å². The maximum absolute atomic E-state index is 12.0. The molecular formula is C3HF6KO4S-. The first-order valence-corrected chi connectivity index (χ1v) is 4.00. The van der Waals surface area contributed by atoms with Crippen LogP contribution in [0, 0.1) is 0 Å². The molecule has 0 N–H and O–H groups in total. The zero-order valence-electron chi connectivity index (χ0n) is 6.89. The van der Waals surface area contributed by atoms with Crippen molar-refractivity contribution in [1.82, 2.24) is 0 Å². The molecule has 1 atom stereocenters. The van der Waals surface area contributed by atoms with Gasteiger partial charge < -0.3 is 4.55 Å². The van der Waals surface area contributed by atoms with E-state index in [4.69, 9.17) is 0 Å². The van der Waals surface area contributed by atoms with Gasteiger partial charge in [-0.1, -0.05) is 0 Å². The summed E-state index contributed by atoms with van der Waals surface area (Å²) in [5, 5.41) is -5.79. The average Bonchev–Trinajstić information content (AvgIpc) is 1.80. The van der Waals surface area contributed by atoms with Crippen molar-refractivity contribution in [1.29, 1.82) is 0 Å². The summed E-state index contributed by atoms with van der Waals surface area (Å²) in [6, 6.07) is 0. The van der Waals surface area contributed by atoms with Gasteiger partial charge in [0.05, 0.1) is 0 Å². The van der Waals surface area contributed by atoms with Gasteiger partial charge in [0, 0.05) is 51.4 Å². The molecule has 15 heavy (non-hydrogen) atoms. The summed E-state index contributed by atoms with van der Waals surface area (Å²) in [5.41, 5.74) is 0. The van der Waals surface area contributed by atoms with E-state index in [2.05, 4.69) is 0 Å². The largest absolute Gasteiger partial charge is 0.743 e. The number of ether oxygens (including phenoxy) is 1. The first kappa shape index (κ1) is 18.5. The van der Waals surface area contributed by atoms with Gasteiger partial charge in [0.15, 0.2) is 10.1 Å². The molecule has 1 radical (unpaired) electrons. The van der Waals surface area contributed by atoms with Crippen LogP contribution in [0.3, 0.4) is 0 Å². The van der Waals surface area contributed by atoms with Crippen LogP contribution in [-0.2, 0) is 14.9 Å². The van der Waals surface area contributed by atoms with Crippen molar-refractivity contribution in [2.24, 2.45) is 0 Å². The van der Waals surface area contributed by atoms with Crippen molar-refractivity contribution < 1.29 is 44.0 Å². The summed E-state index contributed by atoms with van der Waals surface area (Å²) >= 11 is 0. The molecule has 0 amide bonds. The molecule has 0 aromatic carbocycles. The van der Waals surface area contributed by atoms with Gasteiger partial charge in [-0.15, -0.1) is 13.2 Å². The Morgan fingerprint density at radius 3 is 1.67 bits per heavy atom. The third kappa shape index (κ3) is 5.81. The van der Waals surface area contributed by atoms with E-state index in [-0.39, 0.29) is 51.4 Å². The minimum Gasteiger partial charge on any atom is -0.743 e. The third-order valence-corrected chi connectivity index (χ3v) is 1.69. The van der Waals surface area contributed by atoms with E-state index in [1.54, 1.807) is 0 Å². The first-order valence-electron chi connectivity index (χ1n) is 2.60. The number of rotatable bonds is 3. The second-order valence-corrected chi connectivity index (χ2v) is 3.35. The van der Waals surface area contributed by atoms with Crippen LogP contribution in [0.2, 0.25) is 0 Å². The molecular weight excluding hydrogens is 285 g/mol. The summed E-state index contributed by atoms with van der Waals surface area (Å²) in [5.74, 6) is 0. The minimum absolute atomic E-state index is 0. The molecule has 0 aliphatic heterocycles. The van der Waals surface area contributed by atoms with E-state index in [1.165, 1.54) is 0 Å². The molecule has 12 heteroatoms. The molecule has 0 aliphatic rings. The fraction of sp³-hybridized carbons (Fsp3) is 1.00. The summed E-state index contributed by atoms with van der Waals surface area (Å²) < 4.78 is 100. The van der Waals surface area contributed by atoms with Crippen LogP contribution in [-0.4, -0.2) is 82.3 Å². The number of hydrogen-bond donors (Lipinski definition) is 0. The van der Waals surface area contributed by atoms with Gasteiger partial charge in [-0.25, -0.2) is 17.5 Å². The van der Waals surface area contributed by atoms with Gasteiger partial charge in [0.25, 0.3) is 6.36 Å². The van der Waals surface area contributed by atoms with E-state index >= 15 is 0 Å². The van der Waals surface area contributed by atoms with Crippen LogP contribution < -0.4 is 0 Å². The zero-order valence-corrected chi connectivity index (χ0v) is 10.8. The average molecular weight is 286 g/mol. The Hall–Kier alpha value is 1.09. The Kier molecular flexibility index (Phi) is 6.91. The molecule has 0 saturated heterocycles. The monoisotopic (exact) mass is 286 g/mol. The second-order valence-electron chi connectivity index (χ2n) is 1.90. The quantitative estimate of drug-likeness (QED) is 0.432. The summed E-state index contributed by atoms with van der Waals surface area (Å²) in [4.78, 5) is 0. The first-order chi connectivity index (χ1) is 5.88. The topological polar surface area (TPSA) is 66.4 Å². The molecule has 0 aliphatic carbocycles. The van der Waals surface area contributed by atoms with E-state index in [9.17, 15) is 39.3 Å². The Labute approximate surface area is 122 Å². The Morgan fingerprint density at radius 2 is 1.47 bits per heavy atom. The zero-order chi connectivity index (χ0) is 11.8. The molecule has 0 heterocycles. The van der Waals surface area contributed by atoms with E-state index in [0.717, 1.165) is 0 Å². The molecule has 87 valence electrons. The van der Waals surface area contributed by atoms with Crippen LogP contribution >= 0.6 is 0 Å². The maximum atomic E-state index is 12.0. The van der Waals surface area contributed by atoms with Crippen LogP contribution in [0.25, 0.3) is 0 Å². The minimum atomic E-state index is -6.56. The maximum Gasteiger partial charge on any atom is 0.525 e. The molecule has 0 bridgehead atoms. The summed E-state index contributed by atoms with van der Waals surface area (Å²) in [7, 11) is -6.56. The predicted octanol–water partition coefficient (Wildman–Crippen LogP) is 0.576. The number of halogens is 6. The molecule has 0 aromatic rings. The van der Waals surface area contributed by atoms with Crippen LogP contribution in [0.4, 0.5) is 26.3 Å². The molecule has 1 unspecified atom stereocenters. The molecule has 0 aromatic heterocycles. The van der Waals surface area contributed by atoms with Crippen LogP contribution in [0.1, 0.15) is 0 Å². The van der Waals surface area contributed by atoms with E-state index < -0.39 is 28.1 Å². The fourth-order valence-electron chi connectivity index (χ4n) is 0.299. The Morgan fingerprint density at radius 1 is 1.13 bits per heavy atom. The summed E-state index contributed by atoms with van der Waals surface area (Å²) in [6.45, 7) is 0. The van der Waals surface area contributed by atoms with E-state index in [1.807, 2.05) is 4.74 Å². The molecule has 0 fully saturated rings. The fourth-order valence-corrected chi connectivity index (χ4v) is 0.574. The Bertz CT molecular complexity index is 298.